The average Bonchev–Trinajstić information content (AvgIpc) is 3.68. The van der Waals surface area contributed by atoms with Gasteiger partial charge in [-0.25, -0.2) is 32.6 Å². The van der Waals surface area contributed by atoms with E-state index in [1.165, 1.54) is 23.0 Å². The number of pyridine rings is 2. The van der Waals surface area contributed by atoms with Crippen molar-refractivity contribution in [2.75, 3.05) is 25.9 Å². The van der Waals surface area contributed by atoms with Crippen molar-refractivity contribution < 1.29 is 46.6 Å². The van der Waals surface area contributed by atoms with Crippen molar-refractivity contribution >= 4 is 50.3 Å². The van der Waals surface area contributed by atoms with E-state index in [-0.39, 0.29) is 67.7 Å². The number of unbranched alkanes of at least 4 members (excludes halogenated alkanes) is 2. The van der Waals surface area contributed by atoms with Crippen LogP contribution in [-0.4, -0.2) is 101 Å². The van der Waals surface area contributed by atoms with Gasteiger partial charge in [0, 0.05) is 60.6 Å². The number of nitrogens with zero attached hydrogens (tertiary/aromatic N) is 4. The molecule has 0 spiro atoms. The zero-order valence-electron chi connectivity index (χ0n) is 39.3. The summed E-state index contributed by atoms with van der Waals surface area (Å²) in [5.74, 6) is 2.02. The summed E-state index contributed by atoms with van der Waals surface area (Å²) in [7, 11) is -3.54. The highest BCUT2D eigenvalue weighted by Crippen LogP contribution is 2.41. The van der Waals surface area contributed by atoms with Crippen molar-refractivity contribution in [3.8, 4) is 23.2 Å². The molecule has 0 saturated carbocycles. The highest BCUT2D eigenvalue weighted by atomic mass is 32.2. The van der Waals surface area contributed by atoms with Gasteiger partial charge in [-0.2, -0.15) is 0 Å². The molecule has 2 aliphatic heterocycles. The molecule has 3 atom stereocenters. The standard InChI is InChI=1S/C48H58FN9O10S/c1-6-48(65)34-20-38-42-32(25-58(38)45(63)33(34)26-68-46(48)64)30(31-19-28(4)35(49)21-37(31)55-42)14-12-18-51-40(60)24-52-43(61)36(15-10-11-17-50)56-44(62)41(27(2)3)57-39(59)16-9-7-8-13-29-22-53-47(54-23-29)69(5,66)67/h19-23,27,36,41,65H,6-7,9-12,14-18,24-26,50H2,1-5H3,(H,51,60)(H,52,61)(H,56,62)(H,57,59)/t36-,41-,48-/m0/s1. The Morgan fingerprint density at radius 3 is 2.42 bits per heavy atom. The molecule has 4 amide bonds. The molecule has 0 fully saturated rings. The van der Waals surface area contributed by atoms with Crippen LogP contribution < -0.4 is 32.6 Å². The summed E-state index contributed by atoms with van der Waals surface area (Å²) >= 11 is 0. The number of ether oxygens (including phenoxy) is 1. The van der Waals surface area contributed by atoms with E-state index in [0.29, 0.717) is 78.5 Å². The zero-order valence-corrected chi connectivity index (χ0v) is 40.1. The largest absolute Gasteiger partial charge is 0.458 e. The summed E-state index contributed by atoms with van der Waals surface area (Å²) in [6.07, 6.45) is 6.46. The van der Waals surface area contributed by atoms with E-state index in [2.05, 4.69) is 43.1 Å². The summed E-state index contributed by atoms with van der Waals surface area (Å²) < 4.78 is 44.8. The van der Waals surface area contributed by atoms with Crippen LogP contribution in [0.4, 0.5) is 4.39 Å². The molecule has 21 heteroatoms. The van der Waals surface area contributed by atoms with Crippen LogP contribution in [0.2, 0.25) is 0 Å². The number of carbonyl (C=O) groups is 5. The number of hydrogen-bond acceptors (Lipinski definition) is 14. The minimum atomic E-state index is -3.54. The van der Waals surface area contributed by atoms with Gasteiger partial charge >= 0.3 is 5.97 Å². The van der Waals surface area contributed by atoms with Gasteiger partial charge in [-0.3, -0.25) is 24.0 Å². The number of aromatic nitrogens is 4. The molecule has 2 aliphatic rings. The number of nitrogens with two attached hydrogens (primary N) is 1. The molecule has 5 heterocycles. The molecular weight excluding hydrogens is 914 g/mol. The topological polar surface area (TPSA) is 284 Å². The fraction of sp³-hybridized carbons (Fsp3) is 0.479. The third-order valence-corrected chi connectivity index (χ3v) is 13.1. The average molecular weight is 972 g/mol. The Bertz CT molecular complexity index is 2900. The number of aliphatic hydroxyl groups is 1. The zero-order chi connectivity index (χ0) is 50.2. The molecule has 0 bridgehead atoms. The maximum Gasteiger partial charge on any atom is 0.343 e. The summed E-state index contributed by atoms with van der Waals surface area (Å²) in [5, 5.41) is 22.6. The molecule has 368 valence electrons. The molecule has 0 unspecified atom stereocenters. The summed E-state index contributed by atoms with van der Waals surface area (Å²) in [6, 6.07) is 2.63. The quantitative estimate of drug-likeness (QED) is 0.0281. The molecule has 0 aliphatic carbocycles. The lowest BCUT2D eigenvalue weighted by atomic mass is 9.86. The van der Waals surface area contributed by atoms with Gasteiger partial charge in [0.05, 0.1) is 41.1 Å². The number of halogens is 1. The van der Waals surface area contributed by atoms with Crippen molar-refractivity contribution in [3.63, 3.8) is 0 Å². The first-order valence-corrected chi connectivity index (χ1v) is 24.8. The lowest BCUT2D eigenvalue weighted by molar-refractivity contribution is -0.172. The SMILES string of the molecule is CC[C@@]1(O)C(=O)OCc2c1cc1n(c2=O)Cc2c-1nc1cc(F)c(C)cc1c2CCCNC(=O)CNC(=O)[C@H](CCCCN)NC(=O)[C@@H](NC(=O)CCCC#Cc1cnc(S(C)(=O)=O)nc1)C(C)C. The van der Waals surface area contributed by atoms with Crippen LogP contribution in [0, 0.1) is 30.5 Å². The van der Waals surface area contributed by atoms with Gasteiger partial charge in [-0.1, -0.05) is 32.6 Å². The first kappa shape index (κ1) is 51.8. The number of esters is 1. The van der Waals surface area contributed by atoms with Gasteiger partial charge in [-0.05, 0) is 87.6 Å². The minimum Gasteiger partial charge on any atom is -0.458 e. The molecule has 7 N–H and O–H groups in total. The Morgan fingerprint density at radius 2 is 1.74 bits per heavy atom. The summed E-state index contributed by atoms with van der Waals surface area (Å²) in [5.41, 5.74) is 7.08. The maximum absolute atomic E-state index is 14.9. The number of cyclic esters (lactones) is 1. The van der Waals surface area contributed by atoms with Gasteiger partial charge in [0.25, 0.3) is 5.56 Å². The van der Waals surface area contributed by atoms with Crippen molar-refractivity contribution in [2.45, 2.75) is 121 Å². The van der Waals surface area contributed by atoms with E-state index in [4.69, 9.17) is 15.5 Å². The van der Waals surface area contributed by atoms with E-state index in [1.54, 1.807) is 39.8 Å². The van der Waals surface area contributed by atoms with Gasteiger partial charge in [0.2, 0.25) is 38.6 Å². The Kier molecular flexibility index (Phi) is 16.7. The van der Waals surface area contributed by atoms with Crippen LogP contribution in [0.15, 0.2) is 40.5 Å². The minimum absolute atomic E-state index is 0.0213. The second-order valence-electron chi connectivity index (χ2n) is 17.6. The first-order chi connectivity index (χ1) is 32.8. The van der Waals surface area contributed by atoms with E-state index in [0.717, 1.165) is 17.4 Å². The number of hydrogen-bond donors (Lipinski definition) is 6. The number of fused-ring (bicyclic) bond motifs is 5. The number of aryl methyl sites for hydroxylation is 2. The number of benzene rings is 1. The Hall–Kier alpha value is -6.63. The Balaban J connectivity index is 1.04. The van der Waals surface area contributed by atoms with Gasteiger partial charge < -0.3 is 41.4 Å². The molecule has 69 heavy (non-hydrogen) atoms. The highest BCUT2D eigenvalue weighted by molar-refractivity contribution is 7.90. The molecule has 1 aromatic carbocycles. The van der Waals surface area contributed by atoms with Crippen molar-refractivity contribution in [3.05, 3.63) is 80.1 Å². The van der Waals surface area contributed by atoms with Crippen molar-refractivity contribution in [1.82, 2.24) is 40.8 Å². The second-order valence-corrected chi connectivity index (χ2v) is 19.5. The van der Waals surface area contributed by atoms with Gasteiger partial charge in [0.1, 0.15) is 24.5 Å². The van der Waals surface area contributed by atoms with E-state index >= 15 is 0 Å². The molecular formula is C48H58FN9O10S. The van der Waals surface area contributed by atoms with Crippen LogP contribution in [-0.2, 0) is 63.7 Å². The lowest BCUT2D eigenvalue weighted by Gasteiger charge is -2.31. The van der Waals surface area contributed by atoms with Crippen LogP contribution >= 0.6 is 0 Å². The van der Waals surface area contributed by atoms with Crippen LogP contribution in [0.5, 0.6) is 0 Å². The number of carbonyl (C=O) groups excluding carboxylic acids is 5. The monoisotopic (exact) mass is 971 g/mol. The second kappa shape index (κ2) is 22.2. The third-order valence-electron chi connectivity index (χ3n) is 12.2. The van der Waals surface area contributed by atoms with E-state index in [9.17, 15) is 46.7 Å². The number of sulfone groups is 1. The normalized spacial score (nSPS) is 15.8. The molecule has 6 rings (SSSR count). The number of rotatable bonds is 20. The van der Waals surface area contributed by atoms with Crippen LogP contribution in [0.25, 0.3) is 22.3 Å². The molecule has 19 nitrogen and oxygen atoms in total. The molecule has 4 aromatic rings. The number of nitrogens with one attached hydrogen (secondary N) is 4. The molecule has 0 saturated heterocycles. The highest BCUT2D eigenvalue weighted by Gasteiger charge is 2.45. The van der Waals surface area contributed by atoms with Crippen LogP contribution in [0.3, 0.4) is 0 Å². The van der Waals surface area contributed by atoms with E-state index < -0.39 is 68.5 Å². The Morgan fingerprint density at radius 1 is 1.00 bits per heavy atom. The van der Waals surface area contributed by atoms with Gasteiger partial charge in [-0.15, -0.1) is 0 Å². The fourth-order valence-corrected chi connectivity index (χ4v) is 8.79. The van der Waals surface area contributed by atoms with Gasteiger partial charge in [0.15, 0.2) is 5.60 Å². The lowest BCUT2D eigenvalue weighted by Crippen LogP contribution is -2.56. The predicted octanol–water partition coefficient (Wildman–Crippen LogP) is 1.86. The molecule has 0 radical (unpaired) electrons. The van der Waals surface area contributed by atoms with E-state index in [1.807, 2.05) is 0 Å². The Labute approximate surface area is 398 Å². The maximum atomic E-state index is 14.9. The first-order valence-electron chi connectivity index (χ1n) is 22.9. The van der Waals surface area contributed by atoms with Crippen molar-refractivity contribution in [2.24, 2.45) is 11.7 Å². The fourth-order valence-electron chi connectivity index (χ4n) is 8.30. The summed E-state index contributed by atoms with van der Waals surface area (Å²) in [6.45, 7) is 6.79. The smallest absolute Gasteiger partial charge is 0.343 e. The predicted molar refractivity (Wildman–Crippen MR) is 251 cm³/mol. The van der Waals surface area contributed by atoms with Crippen molar-refractivity contribution in [1.29, 1.82) is 0 Å². The number of amides is 4. The third kappa shape index (κ3) is 12.0. The summed E-state index contributed by atoms with van der Waals surface area (Å²) in [4.78, 5) is 91.8. The molecule has 3 aromatic heterocycles. The van der Waals surface area contributed by atoms with Crippen LogP contribution in [0.1, 0.15) is 106 Å².